The first-order valence-corrected chi connectivity index (χ1v) is 12.8. The number of amides is 1. The van der Waals surface area contributed by atoms with Gasteiger partial charge in [0.15, 0.2) is 0 Å². The van der Waals surface area contributed by atoms with E-state index in [4.69, 9.17) is 11.6 Å². The molecule has 0 radical (unpaired) electrons. The molecule has 0 unspecified atom stereocenters. The number of allylic oxidation sites excluding steroid dienone is 3. The molecular formula is C29H31ClF8N2O. The molecule has 0 saturated carbocycles. The highest BCUT2D eigenvalue weighted by Gasteiger charge is 2.41. The molecule has 3 nitrogen and oxygen atoms in total. The van der Waals surface area contributed by atoms with Crippen LogP contribution in [0.5, 0.6) is 0 Å². The van der Waals surface area contributed by atoms with Crippen molar-refractivity contribution in [3.8, 4) is 0 Å². The fraction of sp³-hybridized carbons (Fsp3) is 0.310. The van der Waals surface area contributed by atoms with E-state index in [1.54, 1.807) is 6.92 Å². The predicted octanol–water partition coefficient (Wildman–Crippen LogP) is 9.98. The van der Waals surface area contributed by atoms with E-state index < -0.39 is 64.1 Å². The minimum Gasteiger partial charge on any atom is -0.337 e. The molecule has 0 aliphatic heterocycles. The van der Waals surface area contributed by atoms with Gasteiger partial charge in [-0.05, 0) is 61.4 Å². The van der Waals surface area contributed by atoms with Crippen LogP contribution in [0.4, 0.5) is 35.1 Å². The van der Waals surface area contributed by atoms with Gasteiger partial charge in [0.1, 0.15) is 17.2 Å². The van der Waals surface area contributed by atoms with Crippen LogP contribution in [-0.4, -0.2) is 11.6 Å². The molecule has 0 fully saturated rings. The molecule has 2 aromatic carbocycles. The molecule has 0 saturated heterocycles. The number of halogens is 9. The van der Waals surface area contributed by atoms with Crippen LogP contribution < -0.4 is 5.32 Å². The summed E-state index contributed by atoms with van der Waals surface area (Å²) >= 11 is 5.63. The van der Waals surface area contributed by atoms with Crippen molar-refractivity contribution >= 4 is 23.2 Å². The maximum absolute atomic E-state index is 14.4. The molecule has 1 N–H and O–H groups in total. The summed E-state index contributed by atoms with van der Waals surface area (Å²) in [6.07, 6.45) is -5.18. The second-order valence-corrected chi connectivity index (χ2v) is 7.77. The van der Waals surface area contributed by atoms with Gasteiger partial charge in [-0.1, -0.05) is 57.5 Å². The number of hydrogen-bond acceptors (Lipinski definition) is 2. The van der Waals surface area contributed by atoms with Crippen LogP contribution in [0, 0.1) is 11.6 Å². The quantitative estimate of drug-likeness (QED) is 0.137. The van der Waals surface area contributed by atoms with E-state index in [0.717, 1.165) is 11.7 Å². The molecule has 0 aliphatic rings. The summed E-state index contributed by atoms with van der Waals surface area (Å²) in [5.41, 5.74) is -5.82. The van der Waals surface area contributed by atoms with E-state index in [1.807, 2.05) is 27.7 Å². The van der Waals surface area contributed by atoms with E-state index in [9.17, 15) is 39.9 Å². The number of nitrogens with one attached hydrogen (secondary N) is 1. The van der Waals surface area contributed by atoms with E-state index in [1.165, 1.54) is 24.3 Å². The lowest BCUT2D eigenvalue weighted by Crippen LogP contribution is -2.47. The number of carbonyl (C=O) groups excluding carboxylic acids is 1. The number of rotatable bonds is 8. The third-order valence-corrected chi connectivity index (χ3v) is 5.20. The van der Waals surface area contributed by atoms with E-state index >= 15 is 0 Å². The molecule has 0 spiro atoms. The Morgan fingerprint density at radius 1 is 0.951 bits per heavy atom. The van der Waals surface area contributed by atoms with E-state index in [0.29, 0.717) is 18.2 Å². The Balaban J connectivity index is 0.00000382. The molecular weight excluding hydrogens is 580 g/mol. The Morgan fingerprint density at radius 2 is 1.54 bits per heavy atom. The van der Waals surface area contributed by atoms with Crippen LogP contribution in [0.25, 0.3) is 0 Å². The number of hydrogen-bond donors (Lipinski definition) is 1. The molecule has 41 heavy (non-hydrogen) atoms. The van der Waals surface area contributed by atoms with Gasteiger partial charge in [-0.2, -0.15) is 26.3 Å². The molecule has 0 aliphatic carbocycles. The maximum Gasteiger partial charge on any atom is 0.419 e. The number of alkyl halides is 6. The number of carbonyl (C=O) groups is 1. The van der Waals surface area contributed by atoms with Gasteiger partial charge >= 0.3 is 12.4 Å². The summed E-state index contributed by atoms with van der Waals surface area (Å²) in [6, 6.07) is 2.93. The van der Waals surface area contributed by atoms with Crippen LogP contribution in [0.1, 0.15) is 68.1 Å². The third-order valence-electron chi connectivity index (χ3n) is 5.10. The average Bonchev–Trinajstić information content (AvgIpc) is 2.91. The molecule has 2 aromatic rings. The minimum absolute atomic E-state index is 0.203. The Morgan fingerprint density at radius 3 is 2.02 bits per heavy atom. The monoisotopic (exact) mass is 610 g/mol. The topological polar surface area (TPSA) is 41.5 Å². The van der Waals surface area contributed by atoms with Crippen LogP contribution in [0.3, 0.4) is 0 Å². The summed E-state index contributed by atoms with van der Waals surface area (Å²) in [7, 11) is 0. The standard InChI is InChI=1S/C25H19ClF8N2O.2C2H6/c1-3-5-6-21(35-14-26)23(9-4-2,16-11-17(24(29,30)31)13-18(27)12-16)36-22(37)15-7-8-20(28)19(10-15)25(32,33)34;2*1-2/h3-8,10-14H,2,9H2,1H3,(H,36,37);2*1-2H3/b5-3+,21-6-,35-14?;;/t23-;;/m0../s1. The summed E-state index contributed by atoms with van der Waals surface area (Å²) < 4.78 is 108. The Kier molecular flexibility index (Phi) is 15.3. The van der Waals surface area contributed by atoms with Gasteiger partial charge in [0.25, 0.3) is 5.91 Å². The van der Waals surface area contributed by atoms with Gasteiger partial charge in [-0.15, -0.1) is 6.58 Å². The highest BCUT2D eigenvalue weighted by Crippen LogP contribution is 2.39. The number of aliphatic imine (C=N–C) groups is 1. The Hall–Kier alpha value is -3.47. The normalized spacial score (nSPS) is 13.6. The van der Waals surface area contributed by atoms with Crippen molar-refractivity contribution in [2.45, 2.75) is 58.9 Å². The largest absolute Gasteiger partial charge is 0.419 e. The fourth-order valence-corrected chi connectivity index (χ4v) is 3.56. The van der Waals surface area contributed by atoms with Crippen LogP contribution in [0.15, 0.2) is 78.0 Å². The van der Waals surface area contributed by atoms with Gasteiger partial charge < -0.3 is 5.32 Å². The van der Waals surface area contributed by atoms with Crippen molar-refractivity contribution in [2.24, 2.45) is 4.99 Å². The van der Waals surface area contributed by atoms with Gasteiger partial charge in [-0.25, -0.2) is 13.8 Å². The SMILES string of the molecule is C=CC[C@@](NC(=O)c1ccc(F)c(C(F)(F)F)c1)(/C(=C/C=C/C)N=CCl)c1cc(F)cc(C(F)(F)F)c1.CC.CC. The van der Waals surface area contributed by atoms with Gasteiger partial charge in [-0.3, -0.25) is 4.79 Å². The second-order valence-electron chi connectivity index (χ2n) is 7.58. The van der Waals surface area contributed by atoms with Gasteiger partial charge in [0.2, 0.25) is 0 Å². The Labute approximate surface area is 239 Å². The fourth-order valence-electron chi connectivity index (χ4n) is 3.46. The average molecular weight is 611 g/mol. The minimum atomic E-state index is -5.14. The first-order valence-electron chi connectivity index (χ1n) is 12.3. The van der Waals surface area contributed by atoms with Gasteiger partial charge in [0, 0.05) is 5.56 Å². The second kappa shape index (κ2) is 16.7. The van der Waals surface area contributed by atoms with Crippen LogP contribution in [0.2, 0.25) is 0 Å². The van der Waals surface area contributed by atoms with E-state index in [-0.39, 0.29) is 17.8 Å². The van der Waals surface area contributed by atoms with Crippen molar-refractivity contribution in [2.75, 3.05) is 0 Å². The number of nitrogens with zero attached hydrogens (tertiary/aromatic N) is 1. The molecule has 0 bridgehead atoms. The zero-order chi connectivity index (χ0) is 32.0. The van der Waals surface area contributed by atoms with Crippen molar-refractivity contribution in [3.63, 3.8) is 0 Å². The third kappa shape index (κ3) is 10.1. The first kappa shape index (κ1) is 37.5. The van der Waals surface area contributed by atoms with Crippen LogP contribution in [-0.2, 0) is 17.9 Å². The van der Waals surface area contributed by atoms with Crippen molar-refractivity contribution in [3.05, 3.63) is 107 Å². The number of benzene rings is 2. The van der Waals surface area contributed by atoms with Crippen LogP contribution >= 0.6 is 11.6 Å². The molecule has 0 aromatic heterocycles. The molecule has 1 atom stereocenters. The first-order chi connectivity index (χ1) is 19.2. The summed E-state index contributed by atoms with van der Waals surface area (Å²) in [4.78, 5) is 17.1. The lowest BCUT2D eigenvalue weighted by atomic mass is 9.81. The molecule has 226 valence electrons. The highest BCUT2D eigenvalue weighted by atomic mass is 35.5. The van der Waals surface area contributed by atoms with E-state index in [2.05, 4.69) is 16.9 Å². The Bertz CT molecular complexity index is 1250. The van der Waals surface area contributed by atoms with Crippen molar-refractivity contribution < 1.29 is 39.9 Å². The molecule has 0 heterocycles. The maximum atomic E-state index is 14.4. The lowest BCUT2D eigenvalue weighted by Gasteiger charge is -2.35. The summed E-state index contributed by atoms with van der Waals surface area (Å²) in [5, 5.41) is 2.35. The lowest BCUT2D eigenvalue weighted by molar-refractivity contribution is -0.140. The smallest absolute Gasteiger partial charge is 0.337 e. The zero-order valence-electron chi connectivity index (χ0n) is 23.0. The zero-order valence-corrected chi connectivity index (χ0v) is 23.8. The summed E-state index contributed by atoms with van der Waals surface area (Å²) in [5.74, 6) is -4.20. The van der Waals surface area contributed by atoms with Crippen molar-refractivity contribution in [1.29, 1.82) is 0 Å². The molecule has 1 amide bonds. The molecule has 12 heteroatoms. The van der Waals surface area contributed by atoms with Gasteiger partial charge in [0.05, 0.1) is 22.5 Å². The predicted molar refractivity (Wildman–Crippen MR) is 147 cm³/mol. The van der Waals surface area contributed by atoms with Crippen molar-refractivity contribution in [1.82, 2.24) is 5.32 Å². The summed E-state index contributed by atoms with van der Waals surface area (Å²) in [6.45, 7) is 13.1. The highest BCUT2D eigenvalue weighted by molar-refractivity contribution is 6.56. The molecule has 2 rings (SSSR count).